The molecule has 5 heteroatoms. The van der Waals surface area contributed by atoms with Gasteiger partial charge in [0, 0.05) is 38.8 Å². The summed E-state index contributed by atoms with van der Waals surface area (Å²) in [6, 6.07) is 8.82. The lowest BCUT2D eigenvalue weighted by Crippen LogP contribution is -2.43. The molecule has 5 nitrogen and oxygen atoms in total. The predicted molar refractivity (Wildman–Crippen MR) is 108 cm³/mol. The highest BCUT2D eigenvalue weighted by atomic mass is 16.5. The van der Waals surface area contributed by atoms with Crippen molar-refractivity contribution in [3.8, 4) is 5.75 Å². The van der Waals surface area contributed by atoms with Crippen molar-refractivity contribution in [2.75, 3.05) is 39.3 Å². The molecule has 0 saturated carbocycles. The molecule has 142 valence electrons. The Morgan fingerprint density at radius 3 is 2.88 bits per heavy atom. The molecule has 2 unspecified atom stereocenters. The Morgan fingerprint density at radius 2 is 2.15 bits per heavy atom. The van der Waals surface area contributed by atoms with Crippen LogP contribution in [0.3, 0.4) is 0 Å². The van der Waals surface area contributed by atoms with Gasteiger partial charge in [0.2, 0.25) is 0 Å². The fourth-order valence-electron chi connectivity index (χ4n) is 3.62. The minimum atomic E-state index is 0.0478. The molecule has 0 amide bonds. The number of aliphatic imine (C=N–C) groups is 1. The number of rotatable bonds is 6. The number of guanidine groups is 1. The average molecular weight is 357 g/mol. The first kappa shape index (κ1) is 18.8. The normalized spacial score (nSPS) is 22.0. The van der Waals surface area contributed by atoms with Crippen molar-refractivity contribution in [2.45, 2.75) is 39.3 Å². The zero-order chi connectivity index (χ0) is 18.4. The smallest absolute Gasteiger partial charge is 0.194 e. The van der Waals surface area contributed by atoms with E-state index < -0.39 is 0 Å². The third-order valence-electron chi connectivity index (χ3n) is 4.99. The molecule has 26 heavy (non-hydrogen) atoms. The van der Waals surface area contributed by atoms with Crippen molar-refractivity contribution in [3.05, 3.63) is 42.0 Å². The van der Waals surface area contributed by atoms with Crippen molar-refractivity contribution >= 4 is 5.96 Å². The van der Waals surface area contributed by atoms with Crippen LogP contribution in [0.2, 0.25) is 0 Å². The van der Waals surface area contributed by atoms with Crippen molar-refractivity contribution in [3.63, 3.8) is 0 Å². The lowest BCUT2D eigenvalue weighted by atomic mass is 10.2. The second-order valence-corrected chi connectivity index (χ2v) is 7.25. The van der Waals surface area contributed by atoms with E-state index in [4.69, 9.17) is 9.73 Å². The van der Waals surface area contributed by atoms with Gasteiger partial charge in [-0.05, 0) is 44.9 Å². The maximum absolute atomic E-state index is 6.02. The number of aryl methyl sites for hydroxylation is 1. The largest absolute Gasteiger partial charge is 0.489 e. The number of nitrogens with zero attached hydrogens (tertiary/aromatic N) is 3. The van der Waals surface area contributed by atoms with E-state index in [0.717, 1.165) is 44.4 Å². The zero-order valence-corrected chi connectivity index (χ0v) is 16.3. The van der Waals surface area contributed by atoms with Crippen LogP contribution >= 0.6 is 0 Å². The number of ether oxygens (including phenoxy) is 1. The Kier molecular flexibility index (Phi) is 6.56. The molecule has 2 aliphatic rings. The van der Waals surface area contributed by atoms with E-state index in [2.05, 4.69) is 60.2 Å². The molecule has 2 atom stereocenters. The highest BCUT2D eigenvalue weighted by Crippen LogP contribution is 2.18. The number of likely N-dealkylation sites (tertiary alicyclic amines) is 1. The minimum Gasteiger partial charge on any atom is -0.489 e. The molecule has 0 spiro atoms. The van der Waals surface area contributed by atoms with Crippen LogP contribution in [0.1, 0.15) is 25.8 Å². The van der Waals surface area contributed by atoms with Crippen molar-refractivity contribution < 1.29 is 4.74 Å². The van der Waals surface area contributed by atoms with Crippen LogP contribution in [0.25, 0.3) is 0 Å². The third-order valence-corrected chi connectivity index (χ3v) is 4.99. The van der Waals surface area contributed by atoms with Crippen LogP contribution < -0.4 is 10.1 Å². The quantitative estimate of drug-likeness (QED) is 0.483. The van der Waals surface area contributed by atoms with Gasteiger partial charge < -0.3 is 15.0 Å². The fourth-order valence-corrected chi connectivity index (χ4v) is 3.62. The summed E-state index contributed by atoms with van der Waals surface area (Å²) in [7, 11) is 0. The molecule has 1 N–H and O–H groups in total. The number of nitrogens with one attached hydrogen (secondary N) is 1. The van der Waals surface area contributed by atoms with E-state index in [-0.39, 0.29) is 6.10 Å². The van der Waals surface area contributed by atoms with E-state index in [1.54, 1.807) is 0 Å². The molecule has 1 fully saturated rings. The van der Waals surface area contributed by atoms with E-state index in [0.29, 0.717) is 12.6 Å². The molecule has 3 rings (SSSR count). The van der Waals surface area contributed by atoms with Crippen LogP contribution in [0.15, 0.2) is 41.4 Å². The van der Waals surface area contributed by atoms with Crippen molar-refractivity contribution in [1.82, 2.24) is 15.1 Å². The van der Waals surface area contributed by atoms with Crippen molar-refractivity contribution in [2.24, 2.45) is 4.99 Å². The Balaban J connectivity index is 1.55. The molecule has 1 aromatic rings. The van der Waals surface area contributed by atoms with Gasteiger partial charge in [-0.15, -0.1) is 0 Å². The summed E-state index contributed by atoms with van der Waals surface area (Å²) in [6.07, 6.45) is 5.80. The Bertz CT molecular complexity index is 635. The van der Waals surface area contributed by atoms with Gasteiger partial charge in [0.15, 0.2) is 5.96 Å². The van der Waals surface area contributed by atoms with Gasteiger partial charge >= 0.3 is 0 Å². The second kappa shape index (κ2) is 9.08. The van der Waals surface area contributed by atoms with Gasteiger partial charge in [0.1, 0.15) is 11.9 Å². The Hall–Kier alpha value is -2.01. The number of hydrogen-bond acceptors (Lipinski definition) is 3. The molecule has 1 saturated heterocycles. The highest BCUT2D eigenvalue weighted by Gasteiger charge is 2.29. The monoisotopic (exact) mass is 356 g/mol. The number of benzene rings is 1. The first-order chi connectivity index (χ1) is 12.7. The Morgan fingerprint density at radius 1 is 1.35 bits per heavy atom. The maximum Gasteiger partial charge on any atom is 0.194 e. The van der Waals surface area contributed by atoms with E-state index in [1.165, 1.54) is 12.0 Å². The lowest BCUT2D eigenvalue weighted by Gasteiger charge is -2.25. The first-order valence-electron chi connectivity index (χ1n) is 9.81. The van der Waals surface area contributed by atoms with Crippen LogP contribution in [0, 0.1) is 6.92 Å². The highest BCUT2D eigenvalue weighted by molar-refractivity contribution is 5.80. The fraction of sp³-hybridized carbons (Fsp3) is 0.571. The van der Waals surface area contributed by atoms with E-state index in [9.17, 15) is 0 Å². The first-order valence-corrected chi connectivity index (χ1v) is 9.81. The molecule has 0 radical (unpaired) electrons. The molecule has 0 aromatic heterocycles. The molecule has 0 bridgehead atoms. The molecule has 1 aromatic carbocycles. The van der Waals surface area contributed by atoms with Crippen LogP contribution in [-0.2, 0) is 0 Å². The zero-order valence-electron chi connectivity index (χ0n) is 16.3. The summed E-state index contributed by atoms with van der Waals surface area (Å²) in [5, 5.41) is 3.45. The van der Waals surface area contributed by atoms with Gasteiger partial charge in [-0.3, -0.25) is 4.90 Å². The van der Waals surface area contributed by atoms with Gasteiger partial charge in [0.05, 0.1) is 6.54 Å². The minimum absolute atomic E-state index is 0.0478. The summed E-state index contributed by atoms with van der Waals surface area (Å²) in [5.41, 5.74) is 1.21. The summed E-state index contributed by atoms with van der Waals surface area (Å²) in [5.74, 6) is 1.93. The van der Waals surface area contributed by atoms with Crippen molar-refractivity contribution in [1.29, 1.82) is 0 Å². The molecule has 2 heterocycles. The van der Waals surface area contributed by atoms with Gasteiger partial charge in [-0.2, -0.15) is 0 Å². The van der Waals surface area contributed by atoms with Crippen LogP contribution in [0.4, 0.5) is 0 Å². The predicted octanol–water partition coefficient (Wildman–Crippen LogP) is 2.67. The molecular weight excluding hydrogens is 324 g/mol. The molecule has 2 aliphatic heterocycles. The standard InChI is InChI=1S/C21H32N4O/c1-4-22-21(25-13-10-19(16-25)24-11-5-6-12-24)23-15-18(3)26-20-9-7-8-17(2)14-20/h5-9,14,18-19H,4,10-13,15-16H2,1-3H3,(H,22,23). The average Bonchev–Trinajstić information content (AvgIpc) is 3.29. The summed E-state index contributed by atoms with van der Waals surface area (Å²) in [4.78, 5) is 9.79. The summed E-state index contributed by atoms with van der Waals surface area (Å²) >= 11 is 0. The number of hydrogen-bond donors (Lipinski definition) is 1. The third kappa shape index (κ3) is 5.01. The summed E-state index contributed by atoms with van der Waals surface area (Å²) in [6.45, 7) is 12.1. The molecular formula is C21H32N4O. The van der Waals surface area contributed by atoms with Gasteiger partial charge in [0.25, 0.3) is 0 Å². The second-order valence-electron chi connectivity index (χ2n) is 7.25. The topological polar surface area (TPSA) is 40.1 Å². The lowest BCUT2D eigenvalue weighted by molar-refractivity contribution is 0.229. The van der Waals surface area contributed by atoms with E-state index in [1.807, 2.05) is 12.1 Å². The van der Waals surface area contributed by atoms with Gasteiger partial charge in [-0.25, -0.2) is 4.99 Å². The van der Waals surface area contributed by atoms with Crippen LogP contribution in [0.5, 0.6) is 5.75 Å². The maximum atomic E-state index is 6.02. The SMILES string of the molecule is CCNC(=NCC(C)Oc1cccc(C)c1)N1CCC(N2CC=CC2)C1. The Labute approximate surface area is 157 Å². The molecule has 0 aliphatic carbocycles. The summed E-state index contributed by atoms with van der Waals surface area (Å²) < 4.78 is 6.02. The van der Waals surface area contributed by atoms with Gasteiger partial charge in [-0.1, -0.05) is 24.3 Å². The van der Waals surface area contributed by atoms with Crippen LogP contribution in [-0.4, -0.2) is 67.2 Å². The van der Waals surface area contributed by atoms with E-state index >= 15 is 0 Å².